The first-order valence-electron chi connectivity index (χ1n) is 5.24. The van der Waals surface area contributed by atoms with Crippen LogP contribution in [-0.2, 0) is 11.2 Å². The van der Waals surface area contributed by atoms with E-state index in [1.54, 1.807) is 12.1 Å². The second-order valence-corrected chi connectivity index (χ2v) is 4.27. The molecule has 0 aliphatic rings. The third-order valence-corrected chi connectivity index (χ3v) is 2.51. The first-order chi connectivity index (χ1) is 8.04. The van der Waals surface area contributed by atoms with Gasteiger partial charge in [0.2, 0.25) is 0 Å². The lowest BCUT2D eigenvalue weighted by Crippen LogP contribution is -2.02. The van der Waals surface area contributed by atoms with E-state index in [2.05, 4.69) is 4.74 Å². The van der Waals surface area contributed by atoms with Gasteiger partial charge in [0.1, 0.15) is 0 Å². The number of ether oxygens (including phenoxy) is 1. The van der Waals surface area contributed by atoms with E-state index in [-0.39, 0.29) is 0 Å². The van der Waals surface area contributed by atoms with Crippen molar-refractivity contribution < 1.29 is 9.53 Å². The summed E-state index contributed by atoms with van der Waals surface area (Å²) in [5, 5.41) is 0.424. The molecule has 0 bridgehead atoms. The van der Waals surface area contributed by atoms with Gasteiger partial charge in [0.05, 0.1) is 17.7 Å². The largest absolute Gasteiger partial charge is 0.465 e. The van der Waals surface area contributed by atoms with Crippen molar-refractivity contribution in [1.29, 1.82) is 0 Å². The fraction of sp³-hybridized carbons (Fsp3) is 0.308. The smallest absolute Gasteiger partial charge is 0.339 e. The standard InChI is InChI=1S/C13H16ClNO2/c1-15(2)8-4-5-10-6-7-11(12(14)9-10)13(16)17-3/h4,6-9H,5H2,1-3H3. The van der Waals surface area contributed by atoms with Crippen LogP contribution in [0.15, 0.2) is 30.5 Å². The van der Waals surface area contributed by atoms with E-state index in [4.69, 9.17) is 11.6 Å². The zero-order valence-electron chi connectivity index (χ0n) is 10.2. The number of methoxy groups -OCH3 is 1. The van der Waals surface area contributed by atoms with Crippen LogP contribution in [-0.4, -0.2) is 32.1 Å². The Balaban J connectivity index is 2.79. The molecule has 0 heterocycles. The number of nitrogens with zero attached hydrogens (tertiary/aromatic N) is 1. The Morgan fingerprint density at radius 3 is 2.71 bits per heavy atom. The zero-order chi connectivity index (χ0) is 12.8. The number of esters is 1. The lowest BCUT2D eigenvalue weighted by atomic mass is 10.1. The second-order valence-electron chi connectivity index (χ2n) is 3.86. The highest BCUT2D eigenvalue weighted by Crippen LogP contribution is 2.19. The summed E-state index contributed by atoms with van der Waals surface area (Å²) in [6, 6.07) is 5.35. The lowest BCUT2D eigenvalue weighted by Gasteiger charge is -2.05. The fourth-order valence-corrected chi connectivity index (χ4v) is 1.64. The number of halogens is 1. The highest BCUT2D eigenvalue weighted by molar-refractivity contribution is 6.33. The van der Waals surface area contributed by atoms with E-state index in [9.17, 15) is 4.79 Å². The molecule has 0 spiro atoms. The predicted octanol–water partition coefficient (Wildman–Crippen LogP) is 2.74. The summed E-state index contributed by atoms with van der Waals surface area (Å²) in [4.78, 5) is 13.3. The highest BCUT2D eigenvalue weighted by Gasteiger charge is 2.10. The van der Waals surface area contributed by atoms with Crippen molar-refractivity contribution in [1.82, 2.24) is 4.90 Å². The van der Waals surface area contributed by atoms with Crippen LogP contribution in [0, 0.1) is 0 Å². The molecule has 0 fully saturated rings. The van der Waals surface area contributed by atoms with E-state index in [0.717, 1.165) is 12.0 Å². The maximum absolute atomic E-state index is 11.3. The molecule has 4 heteroatoms. The second kappa shape index (κ2) is 6.30. The summed E-state index contributed by atoms with van der Waals surface area (Å²) in [5.41, 5.74) is 1.45. The van der Waals surface area contributed by atoms with Crippen molar-refractivity contribution in [2.75, 3.05) is 21.2 Å². The quantitative estimate of drug-likeness (QED) is 0.773. The molecule has 17 heavy (non-hydrogen) atoms. The Morgan fingerprint density at radius 2 is 2.18 bits per heavy atom. The van der Waals surface area contributed by atoms with E-state index in [1.807, 2.05) is 37.3 Å². The van der Waals surface area contributed by atoms with Crippen molar-refractivity contribution in [3.8, 4) is 0 Å². The number of carbonyl (C=O) groups is 1. The van der Waals surface area contributed by atoms with Crippen LogP contribution in [0.1, 0.15) is 15.9 Å². The normalized spacial score (nSPS) is 10.6. The molecule has 0 aliphatic heterocycles. The SMILES string of the molecule is COC(=O)c1ccc(CC=CN(C)C)cc1Cl. The van der Waals surface area contributed by atoms with Crippen LogP contribution < -0.4 is 0 Å². The third-order valence-electron chi connectivity index (χ3n) is 2.20. The Kier molecular flexibility index (Phi) is 5.04. The van der Waals surface area contributed by atoms with Crippen molar-refractivity contribution in [3.05, 3.63) is 46.6 Å². The summed E-state index contributed by atoms with van der Waals surface area (Å²) >= 11 is 6.01. The summed E-state index contributed by atoms with van der Waals surface area (Å²) in [6.45, 7) is 0. The molecule has 0 N–H and O–H groups in total. The van der Waals surface area contributed by atoms with Crippen LogP contribution in [0.5, 0.6) is 0 Å². The van der Waals surface area contributed by atoms with Gasteiger partial charge in [-0.1, -0.05) is 23.7 Å². The van der Waals surface area contributed by atoms with Gasteiger partial charge in [0, 0.05) is 14.1 Å². The zero-order valence-corrected chi connectivity index (χ0v) is 11.0. The Bertz CT molecular complexity index is 427. The van der Waals surface area contributed by atoms with E-state index in [1.165, 1.54) is 7.11 Å². The van der Waals surface area contributed by atoms with Crippen LogP contribution in [0.4, 0.5) is 0 Å². The van der Waals surface area contributed by atoms with Crippen LogP contribution in [0.25, 0.3) is 0 Å². The maximum atomic E-state index is 11.3. The van der Waals surface area contributed by atoms with Crippen molar-refractivity contribution in [2.45, 2.75) is 6.42 Å². The molecule has 0 saturated carbocycles. The molecule has 0 aliphatic carbocycles. The monoisotopic (exact) mass is 253 g/mol. The van der Waals surface area contributed by atoms with E-state index in [0.29, 0.717) is 10.6 Å². The molecule has 0 aromatic heterocycles. The fourth-order valence-electron chi connectivity index (χ4n) is 1.36. The van der Waals surface area contributed by atoms with Gasteiger partial charge in [-0.05, 0) is 30.3 Å². The van der Waals surface area contributed by atoms with Crippen molar-refractivity contribution in [3.63, 3.8) is 0 Å². The minimum Gasteiger partial charge on any atom is -0.465 e. The molecule has 0 amide bonds. The van der Waals surface area contributed by atoms with Crippen molar-refractivity contribution >= 4 is 17.6 Å². The van der Waals surface area contributed by atoms with Gasteiger partial charge >= 0.3 is 5.97 Å². The van der Waals surface area contributed by atoms with Gasteiger partial charge < -0.3 is 9.64 Å². The van der Waals surface area contributed by atoms with Gasteiger partial charge in [-0.2, -0.15) is 0 Å². The average Bonchev–Trinajstić information content (AvgIpc) is 2.28. The van der Waals surface area contributed by atoms with E-state index >= 15 is 0 Å². The summed E-state index contributed by atoms with van der Waals surface area (Å²) in [6.07, 6.45) is 4.78. The Morgan fingerprint density at radius 1 is 1.47 bits per heavy atom. The molecule has 0 atom stereocenters. The molecule has 3 nitrogen and oxygen atoms in total. The van der Waals surface area contributed by atoms with Crippen LogP contribution in [0.3, 0.4) is 0 Å². The minimum atomic E-state index is -0.412. The minimum absolute atomic E-state index is 0.398. The third kappa shape index (κ3) is 4.11. The summed E-state index contributed by atoms with van der Waals surface area (Å²) in [5.74, 6) is -0.412. The van der Waals surface area contributed by atoms with Gasteiger partial charge in [0.15, 0.2) is 0 Å². The molecule has 0 radical (unpaired) electrons. The van der Waals surface area contributed by atoms with Gasteiger partial charge in [-0.3, -0.25) is 0 Å². The average molecular weight is 254 g/mol. The predicted molar refractivity (Wildman–Crippen MR) is 69.3 cm³/mol. The molecule has 92 valence electrons. The van der Waals surface area contributed by atoms with E-state index < -0.39 is 5.97 Å². The number of hydrogen-bond acceptors (Lipinski definition) is 3. The Labute approximate surface area is 107 Å². The van der Waals surface area contributed by atoms with Gasteiger partial charge in [-0.25, -0.2) is 4.79 Å². The molecule has 0 saturated heterocycles. The first kappa shape index (κ1) is 13.6. The molecular formula is C13H16ClNO2. The highest BCUT2D eigenvalue weighted by atomic mass is 35.5. The number of benzene rings is 1. The number of carbonyl (C=O) groups excluding carboxylic acids is 1. The number of rotatable bonds is 4. The molecule has 0 unspecified atom stereocenters. The van der Waals surface area contributed by atoms with Crippen LogP contribution >= 0.6 is 11.6 Å². The van der Waals surface area contributed by atoms with Crippen molar-refractivity contribution in [2.24, 2.45) is 0 Å². The number of allylic oxidation sites excluding steroid dienone is 1. The molecule has 1 aromatic rings. The number of hydrogen-bond donors (Lipinski definition) is 0. The first-order valence-corrected chi connectivity index (χ1v) is 5.62. The Hall–Kier alpha value is -1.48. The molecule has 1 aromatic carbocycles. The summed E-state index contributed by atoms with van der Waals surface area (Å²) < 4.78 is 4.63. The van der Waals surface area contributed by atoms with Gasteiger partial charge in [-0.15, -0.1) is 0 Å². The van der Waals surface area contributed by atoms with Crippen LogP contribution in [0.2, 0.25) is 5.02 Å². The topological polar surface area (TPSA) is 29.5 Å². The summed E-state index contributed by atoms with van der Waals surface area (Å²) in [7, 11) is 5.26. The maximum Gasteiger partial charge on any atom is 0.339 e. The molecular weight excluding hydrogens is 238 g/mol. The lowest BCUT2D eigenvalue weighted by molar-refractivity contribution is 0.0601. The van der Waals surface area contributed by atoms with Gasteiger partial charge in [0.25, 0.3) is 0 Å². The molecule has 1 rings (SSSR count).